The lowest BCUT2D eigenvalue weighted by Gasteiger charge is -2.07. The van der Waals surface area contributed by atoms with E-state index in [9.17, 15) is 4.79 Å². The van der Waals surface area contributed by atoms with E-state index in [2.05, 4.69) is 15.6 Å². The molecule has 2 N–H and O–H groups in total. The molecule has 86 valence electrons. The van der Waals surface area contributed by atoms with Crippen LogP contribution < -0.4 is 10.6 Å². The van der Waals surface area contributed by atoms with Crippen molar-refractivity contribution in [3.8, 4) is 0 Å². The van der Waals surface area contributed by atoms with Crippen LogP contribution in [0.3, 0.4) is 0 Å². The standard InChI is InChI=1S/C12H10ClN3O/c13-11-10(7-4-8-14-11)16-12(17)15-9-5-2-1-3-6-9/h1-8H,(H2,15,16,17). The number of nitrogens with one attached hydrogen (secondary N) is 2. The van der Waals surface area contributed by atoms with Crippen LogP contribution in [-0.2, 0) is 0 Å². The smallest absolute Gasteiger partial charge is 0.308 e. The molecule has 2 rings (SSSR count). The van der Waals surface area contributed by atoms with Crippen molar-refractivity contribution in [2.45, 2.75) is 0 Å². The SMILES string of the molecule is O=C(Nc1ccccc1)Nc1cccnc1Cl. The maximum atomic E-state index is 11.6. The summed E-state index contributed by atoms with van der Waals surface area (Å²) >= 11 is 5.82. The molecular weight excluding hydrogens is 238 g/mol. The molecule has 5 heteroatoms. The van der Waals surface area contributed by atoms with Crippen molar-refractivity contribution >= 4 is 29.0 Å². The van der Waals surface area contributed by atoms with Gasteiger partial charge in [-0.2, -0.15) is 0 Å². The topological polar surface area (TPSA) is 54.0 Å². The van der Waals surface area contributed by atoms with Crippen LogP contribution >= 0.6 is 11.6 Å². The number of carbonyl (C=O) groups excluding carboxylic acids is 1. The number of amides is 2. The van der Waals surface area contributed by atoms with Gasteiger partial charge in [0.2, 0.25) is 0 Å². The van der Waals surface area contributed by atoms with E-state index in [0.717, 1.165) is 0 Å². The van der Waals surface area contributed by atoms with Gasteiger partial charge in [-0.1, -0.05) is 29.8 Å². The number of carbonyl (C=O) groups is 1. The van der Waals surface area contributed by atoms with Crippen molar-refractivity contribution in [1.29, 1.82) is 0 Å². The first-order valence-corrected chi connectivity index (χ1v) is 5.37. The van der Waals surface area contributed by atoms with Crippen LogP contribution in [0.25, 0.3) is 0 Å². The number of hydrogen-bond donors (Lipinski definition) is 2. The Labute approximate surface area is 104 Å². The molecule has 0 aliphatic rings. The minimum atomic E-state index is -0.355. The monoisotopic (exact) mass is 247 g/mol. The van der Waals surface area contributed by atoms with Crippen LogP contribution in [-0.4, -0.2) is 11.0 Å². The molecule has 0 saturated carbocycles. The van der Waals surface area contributed by atoms with Crippen LogP contribution in [0.5, 0.6) is 0 Å². The van der Waals surface area contributed by atoms with Crippen LogP contribution in [0.4, 0.5) is 16.2 Å². The van der Waals surface area contributed by atoms with E-state index < -0.39 is 0 Å². The summed E-state index contributed by atoms with van der Waals surface area (Å²) < 4.78 is 0. The van der Waals surface area contributed by atoms with E-state index in [4.69, 9.17) is 11.6 Å². The average molecular weight is 248 g/mol. The molecule has 2 amide bonds. The van der Waals surface area contributed by atoms with E-state index in [1.165, 1.54) is 0 Å². The van der Waals surface area contributed by atoms with E-state index in [-0.39, 0.29) is 11.2 Å². The summed E-state index contributed by atoms with van der Waals surface area (Å²) in [5.41, 5.74) is 1.19. The lowest BCUT2D eigenvalue weighted by Crippen LogP contribution is -2.19. The highest BCUT2D eigenvalue weighted by atomic mass is 35.5. The van der Waals surface area contributed by atoms with E-state index in [1.54, 1.807) is 30.5 Å². The molecule has 0 unspecified atom stereocenters. The molecule has 0 spiro atoms. The molecule has 4 nitrogen and oxygen atoms in total. The van der Waals surface area contributed by atoms with Crippen LogP contribution in [0.15, 0.2) is 48.7 Å². The fraction of sp³-hybridized carbons (Fsp3) is 0. The molecule has 0 radical (unpaired) electrons. The molecule has 1 heterocycles. The Morgan fingerprint density at radius 1 is 1.06 bits per heavy atom. The van der Waals surface area contributed by atoms with Crippen LogP contribution in [0.1, 0.15) is 0 Å². The first-order valence-electron chi connectivity index (χ1n) is 4.99. The van der Waals surface area contributed by atoms with Crippen molar-refractivity contribution in [3.05, 3.63) is 53.8 Å². The average Bonchev–Trinajstić information content (AvgIpc) is 2.33. The Kier molecular flexibility index (Phi) is 3.57. The lowest BCUT2D eigenvalue weighted by atomic mass is 10.3. The number of benzene rings is 1. The number of pyridine rings is 1. The highest BCUT2D eigenvalue weighted by Gasteiger charge is 2.05. The molecule has 0 atom stereocenters. The fourth-order valence-corrected chi connectivity index (χ4v) is 1.45. The molecule has 0 fully saturated rings. The normalized spacial score (nSPS) is 9.71. The summed E-state index contributed by atoms with van der Waals surface area (Å²) in [4.78, 5) is 15.5. The fourth-order valence-electron chi connectivity index (χ4n) is 1.29. The predicted molar refractivity (Wildman–Crippen MR) is 68.3 cm³/mol. The number of anilines is 2. The lowest BCUT2D eigenvalue weighted by molar-refractivity contribution is 0.262. The van der Waals surface area contributed by atoms with Gasteiger partial charge in [-0.15, -0.1) is 0 Å². The van der Waals surface area contributed by atoms with Gasteiger partial charge in [-0.05, 0) is 24.3 Å². The van der Waals surface area contributed by atoms with Gasteiger partial charge in [0.1, 0.15) is 0 Å². The second-order valence-electron chi connectivity index (χ2n) is 3.29. The van der Waals surface area contributed by atoms with Crippen molar-refractivity contribution < 1.29 is 4.79 Å². The summed E-state index contributed by atoms with van der Waals surface area (Å²) in [5, 5.41) is 5.56. The number of nitrogens with zero attached hydrogens (tertiary/aromatic N) is 1. The molecule has 0 aliphatic carbocycles. The Hall–Kier alpha value is -2.07. The first kappa shape index (κ1) is 11.4. The molecule has 0 bridgehead atoms. The summed E-state index contributed by atoms with van der Waals surface area (Å²) in [7, 11) is 0. The Bertz CT molecular complexity index is 516. The summed E-state index contributed by atoms with van der Waals surface area (Å²) in [6.07, 6.45) is 1.56. The molecule has 1 aromatic heterocycles. The Balaban J connectivity index is 2.01. The molecule has 2 aromatic rings. The first-order chi connectivity index (χ1) is 8.25. The zero-order chi connectivity index (χ0) is 12.1. The van der Waals surface area contributed by atoms with Gasteiger partial charge in [-0.3, -0.25) is 0 Å². The van der Waals surface area contributed by atoms with Crippen LogP contribution in [0.2, 0.25) is 5.15 Å². The minimum absolute atomic E-state index is 0.260. The largest absolute Gasteiger partial charge is 0.323 e. The second-order valence-corrected chi connectivity index (χ2v) is 3.64. The number of halogens is 1. The third-order valence-electron chi connectivity index (χ3n) is 2.04. The van der Waals surface area contributed by atoms with Gasteiger partial charge in [0.15, 0.2) is 5.15 Å². The van der Waals surface area contributed by atoms with Gasteiger partial charge in [-0.25, -0.2) is 9.78 Å². The zero-order valence-corrected chi connectivity index (χ0v) is 9.61. The van der Waals surface area contributed by atoms with Gasteiger partial charge in [0.05, 0.1) is 5.69 Å². The molecule has 1 aromatic carbocycles. The number of aromatic nitrogens is 1. The zero-order valence-electron chi connectivity index (χ0n) is 8.85. The molecule has 17 heavy (non-hydrogen) atoms. The summed E-state index contributed by atoms with van der Waals surface area (Å²) in [6, 6.07) is 12.2. The highest BCUT2D eigenvalue weighted by molar-refractivity contribution is 6.32. The van der Waals surface area contributed by atoms with E-state index in [1.807, 2.05) is 18.2 Å². The Morgan fingerprint density at radius 3 is 2.53 bits per heavy atom. The second kappa shape index (κ2) is 5.32. The number of para-hydroxylation sites is 1. The van der Waals surface area contributed by atoms with Crippen LogP contribution in [0, 0.1) is 0 Å². The predicted octanol–water partition coefficient (Wildman–Crippen LogP) is 3.38. The van der Waals surface area contributed by atoms with Crippen molar-refractivity contribution in [3.63, 3.8) is 0 Å². The maximum Gasteiger partial charge on any atom is 0.323 e. The molecular formula is C12H10ClN3O. The minimum Gasteiger partial charge on any atom is -0.308 e. The summed E-state index contributed by atoms with van der Waals surface area (Å²) in [6.45, 7) is 0. The third-order valence-corrected chi connectivity index (χ3v) is 2.34. The van der Waals surface area contributed by atoms with Gasteiger partial charge in [0, 0.05) is 11.9 Å². The van der Waals surface area contributed by atoms with E-state index >= 15 is 0 Å². The number of urea groups is 1. The number of rotatable bonds is 2. The van der Waals surface area contributed by atoms with Crippen molar-refractivity contribution in [1.82, 2.24) is 4.98 Å². The summed E-state index contributed by atoms with van der Waals surface area (Å²) in [5.74, 6) is 0. The third kappa shape index (κ3) is 3.19. The van der Waals surface area contributed by atoms with Gasteiger partial charge < -0.3 is 10.6 Å². The number of hydrogen-bond acceptors (Lipinski definition) is 2. The molecule has 0 saturated heterocycles. The highest BCUT2D eigenvalue weighted by Crippen LogP contribution is 2.17. The van der Waals surface area contributed by atoms with Crippen molar-refractivity contribution in [2.24, 2.45) is 0 Å². The van der Waals surface area contributed by atoms with Gasteiger partial charge >= 0.3 is 6.03 Å². The van der Waals surface area contributed by atoms with Crippen molar-refractivity contribution in [2.75, 3.05) is 10.6 Å². The maximum absolute atomic E-state index is 11.6. The quantitative estimate of drug-likeness (QED) is 0.800. The van der Waals surface area contributed by atoms with Gasteiger partial charge in [0.25, 0.3) is 0 Å². The van der Waals surface area contributed by atoms with E-state index in [0.29, 0.717) is 11.4 Å². The Morgan fingerprint density at radius 2 is 1.82 bits per heavy atom. The molecule has 0 aliphatic heterocycles.